The highest BCUT2D eigenvalue weighted by Gasteiger charge is 2.14. The minimum atomic E-state index is -0.500. The first-order valence-electron chi connectivity index (χ1n) is 8.54. The average molecular weight is 389 g/mol. The van der Waals surface area contributed by atoms with Gasteiger partial charge in [0.05, 0.1) is 5.52 Å². The minimum Gasteiger partial charge on any atom is -0.454 e. The number of hydrogen-bond donors (Lipinski definition) is 1. The molecule has 0 saturated heterocycles. The third-order valence-corrected chi connectivity index (χ3v) is 4.60. The van der Waals surface area contributed by atoms with Crippen LogP contribution in [0.5, 0.6) is 11.5 Å². The predicted molar refractivity (Wildman–Crippen MR) is 99.4 cm³/mol. The topological polar surface area (TPSA) is 82.7 Å². The van der Waals surface area contributed by atoms with Gasteiger partial charge in [0.15, 0.2) is 17.1 Å². The Labute approximate surface area is 159 Å². The van der Waals surface area contributed by atoms with Crippen molar-refractivity contribution < 1.29 is 18.7 Å². The lowest BCUT2D eigenvalue weighted by Gasteiger charge is -2.07. The van der Waals surface area contributed by atoms with Crippen LogP contribution in [-0.2, 0) is 17.8 Å². The highest BCUT2D eigenvalue weighted by Crippen LogP contribution is 2.32. The molecule has 0 fully saturated rings. The van der Waals surface area contributed by atoms with Crippen molar-refractivity contribution in [3.05, 3.63) is 57.5 Å². The Morgan fingerprint density at radius 1 is 1.15 bits per heavy atom. The van der Waals surface area contributed by atoms with Gasteiger partial charge in [-0.25, -0.2) is 4.79 Å². The number of hydrogen-bond acceptors (Lipinski definition) is 5. The molecule has 0 aliphatic carbocycles. The van der Waals surface area contributed by atoms with Crippen molar-refractivity contribution in [3.8, 4) is 11.5 Å². The maximum Gasteiger partial charge on any atom is 0.419 e. The number of carbonyl (C=O) groups excluding carboxylic acids is 1. The zero-order valence-corrected chi connectivity index (χ0v) is 15.1. The van der Waals surface area contributed by atoms with Crippen LogP contribution in [0.1, 0.15) is 12.0 Å². The van der Waals surface area contributed by atoms with E-state index in [-0.39, 0.29) is 25.7 Å². The van der Waals surface area contributed by atoms with Gasteiger partial charge in [-0.15, -0.1) is 0 Å². The maximum absolute atomic E-state index is 12.1. The standard InChI is InChI=1S/C19H17ClN2O5/c20-13-2-3-14-16(10-13)27-19(24)22(14)8-6-18(23)21-7-5-12-1-4-15-17(9-12)26-11-25-15/h1-4,9-10H,5-8,11H2,(H,21,23). The molecule has 0 saturated carbocycles. The van der Waals surface area contributed by atoms with Crippen LogP contribution < -0.4 is 20.5 Å². The van der Waals surface area contributed by atoms with Gasteiger partial charge in [-0.3, -0.25) is 9.36 Å². The average Bonchev–Trinajstić information content (AvgIpc) is 3.22. The summed E-state index contributed by atoms with van der Waals surface area (Å²) >= 11 is 5.90. The molecule has 3 aromatic rings. The van der Waals surface area contributed by atoms with E-state index in [2.05, 4.69) is 5.32 Å². The fourth-order valence-corrected chi connectivity index (χ4v) is 3.16. The van der Waals surface area contributed by atoms with E-state index in [0.29, 0.717) is 29.1 Å². The molecule has 2 aromatic carbocycles. The molecule has 1 aromatic heterocycles. The largest absolute Gasteiger partial charge is 0.454 e. The van der Waals surface area contributed by atoms with Gasteiger partial charge < -0.3 is 19.2 Å². The smallest absolute Gasteiger partial charge is 0.419 e. The minimum absolute atomic E-state index is 0.133. The van der Waals surface area contributed by atoms with Gasteiger partial charge in [0.2, 0.25) is 12.7 Å². The molecule has 0 spiro atoms. The lowest BCUT2D eigenvalue weighted by molar-refractivity contribution is -0.121. The van der Waals surface area contributed by atoms with Crippen molar-refractivity contribution >= 4 is 28.6 Å². The van der Waals surface area contributed by atoms with E-state index in [4.69, 9.17) is 25.5 Å². The molecule has 1 N–H and O–H groups in total. The van der Waals surface area contributed by atoms with Crippen LogP contribution in [0, 0.1) is 0 Å². The molecule has 8 heteroatoms. The molecule has 0 atom stereocenters. The van der Waals surface area contributed by atoms with Gasteiger partial charge >= 0.3 is 5.76 Å². The molecular weight excluding hydrogens is 372 g/mol. The fraction of sp³-hybridized carbons (Fsp3) is 0.263. The van der Waals surface area contributed by atoms with Gasteiger partial charge in [-0.2, -0.15) is 0 Å². The summed E-state index contributed by atoms with van der Waals surface area (Å²) < 4.78 is 17.2. The molecule has 140 valence electrons. The number of aryl methyl sites for hydroxylation is 1. The van der Waals surface area contributed by atoms with Crippen molar-refractivity contribution in [1.29, 1.82) is 0 Å². The van der Waals surface area contributed by atoms with E-state index < -0.39 is 5.76 Å². The summed E-state index contributed by atoms with van der Waals surface area (Å²) in [4.78, 5) is 24.0. The molecule has 1 amide bonds. The van der Waals surface area contributed by atoms with E-state index in [9.17, 15) is 9.59 Å². The lowest BCUT2D eigenvalue weighted by atomic mass is 10.1. The molecule has 2 heterocycles. The number of benzene rings is 2. The molecule has 1 aliphatic rings. The number of nitrogens with one attached hydrogen (secondary N) is 1. The molecule has 7 nitrogen and oxygen atoms in total. The Balaban J connectivity index is 1.30. The van der Waals surface area contributed by atoms with Crippen LogP contribution in [0.3, 0.4) is 0 Å². The molecule has 0 bridgehead atoms. The summed E-state index contributed by atoms with van der Waals surface area (Å²) in [7, 11) is 0. The summed E-state index contributed by atoms with van der Waals surface area (Å²) in [5, 5.41) is 3.35. The number of ether oxygens (including phenoxy) is 2. The fourth-order valence-electron chi connectivity index (χ4n) is 3.00. The van der Waals surface area contributed by atoms with E-state index in [1.54, 1.807) is 18.2 Å². The molecule has 0 unspecified atom stereocenters. The highest BCUT2D eigenvalue weighted by molar-refractivity contribution is 6.31. The number of halogens is 1. The van der Waals surface area contributed by atoms with Crippen LogP contribution in [-0.4, -0.2) is 23.8 Å². The van der Waals surface area contributed by atoms with Crippen molar-refractivity contribution in [2.45, 2.75) is 19.4 Å². The maximum atomic E-state index is 12.1. The van der Waals surface area contributed by atoms with E-state index in [1.165, 1.54) is 4.57 Å². The van der Waals surface area contributed by atoms with Gasteiger partial charge in [0, 0.05) is 30.6 Å². The van der Waals surface area contributed by atoms with Gasteiger partial charge in [-0.05, 0) is 36.2 Å². The van der Waals surface area contributed by atoms with Crippen molar-refractivity contribution in [3.63, 3.8) is 0 Å². The molecule has 1 aliphatic heterocycles. The van der Waals surface area contributed by atoms with Gasteiger partial charge in [0.1, 0.15) is 0 Å². The Bertz CT molecular complexity index is 1060. The first-order chi connectivity index (χ1) is 13.1. The number of fused-ring (bicyclic) bond motifs is 2. The third-order valence-electron chi connectivity index (χ3n) is 4.37. The number of carbonyl (C=O) groups is 1. The number of aromatic nitrogens is 1. The first kappa shape index (κ1) is 17.5. The normalized spacial score (nSPS) is 12.5. The second-order valence-corrected chi connectivity index (χ2v) is 6.61. The quantitative estimate of drug-likeness (QED) is 0.702. The van der Waals surface area contributed by atoms with Crippen molar-refractivity contribution in [2.75, 3.05) is 13.3 Å². The van der Waals surface area contributed by atoms with Crippen molar-refractivity contribution in [2.24, 2.45) is 0 Å². The number of nitrogens with zero attached hydrogens (tertiary/aromatic N) is 1. The molecule has 27 heavy (non-hydrogen) atoms. The predicted octanol–water partition coefficient (Wildman–Crippen LogP) is 2.73. The van der Waals surface area contributed by atoms with Crippen LogP contribution >= 0.6 is 11.6 Å². The van der Waals surface area contributed by atoms with Crippen molar-refractivity contribution in [1.82, 2.24) is 9.88 Å². The Morgan fingerprint density at radius 3 is 2.89 bits per heavy atom. The summed E-state index contributed by atoms with van der Waals surface area (Å²) in [5.74, 6) is 0.832. The van der Waals surface area contributed by atoms with Gasteiger partial charge in [0.25, 0.3) is 0 Å². The number of oxazole rings is 1. The number of amides is 1. The van der Waals surface area contributed by atoms with Crippen LogP contribution in [0.25, 0.3) is 11.1 Å². The summed E-state index contributed by atoms with van der Waals surface area (Å²) in [6.07, 6.45) is 0.855. The molecule has 0 radical (unpaired) electrons. The van der Waals surface area contributed by atoms with E-state index in [0.717, 1.165) is 17.1 Å². The first-order valence-corrected chi connectivity index (χ1v) is 8.92. The van der Waals surface area contributed by atoms with E-state index >= 15 is 0 Å². The lowest BCUT2D eigenvalue weighted by Crippen LogP contribution is -2.27. The monoisotopic (exact) mass is 388 g/mol. The van der Waals surface area contributed by atoms with Crippen LogP contribution in [0.15, 0.2) is 45.6 Å². The third kappa shape index (κ3) is 3.78. The summed E-state index contributed by atoms with van der Waals surface area (Å²) in [6.45, 7) is 0.974. The van der Waals surface area contributed by atoms with Crippen LogP contribution in [0.4, 0.5) is 0 Å². The highest BCUT2D eigenvalue weighted by atomic mass is 35.5. The second-order valence-electron chi connectivity index (χ2n) is 6.17. The SMILES string of the molecule is O=C(CCn1c(=O)oc2cc(Cl)ccc21)NCCc1ccc2c(c1)OCO2. The van der Waals surface area contributed by atoms with E-state index in [1.807, 2.05) is 18.2 Å². The zero-order chi connectivity index (χ0) is 18.8. The van der Waals surface area contributed by atoms with Gasteiger partial charge in [-0.1, -0.05) is 17.7 Å². The Hall–Kier alpha value is -2.93. The molecular formula is C19H17ClN2O5. The zero-order valence-electron chi connectivity index (χ0n) is 14.4. The summed E-state index contributed by atoms with van der Waals surface area (Å²) in [6, 6.07) is 10.7. The van der Waals surface area contributed by atoms with Crippen LogP contribution in [0.2, 0.25) is 5.02 Å². The molecule has 4 rings (SSSR count). The summed E-state index contributed by atoms with van der Waals surface area (Å²) in [5.41, 5.74) is 2.08. The number of rotatable bonds is 6. The Morgan fingerprint density at radius 2 is 2.00 bits per heavy atom. The second kappa shape index (κ2) is 7.36. The Kier molecular flexibility index (Phi) is 4.77.